The van der Waals surface area contributed by atoms with Crippen LogP contribution in [-0.2, 0) is 9.59 Å². The molecule has 5 rings (SSSR count). The molecule has 8 heteroatoms. The third-order valence-corrected chi connectivity index (χ3v) is 4.63. The van der Waals surface area contributed by atoms with Crippen LogP contribution in [0.15, 0.2) is 18.5 Å². The topological polar surface area (TPSA) is 104 Å². The Hall–Kier alpha value is -2.51. The van der Waals surface area contributed by atoms with Crippen molar-refractivity contribution >= 4 is 17.8 Å². The third kappa shape index (κ3) is 1.58. The maximum Gasteiger partial charge on any atom is 0.318 e. The van der Waals surface area contributed by atoms with Crippen LogP contribution in [0.2, 0.25) is 0 Å². The van der Waals surface area contributed by atoms with Gasteiger partial charge in [-0.25, -0.2) is 4.79 Å². The zero-order chi connectivity index (χ0) is 14.6. The fourth-order valence-corrected chi connectivity index (χ4v) is 3.40. The number of carbonyl (C=O) groups excluding carboxylic acids is 3. The lowest BCUT2D eigenvalue weighted by atomic mass is 9.63. The summed E-state index contributed by atoms with van der Waals surface area (Å²) < 4.78 is 0. The Labute approximate surface area is 119 Å². The molecular weight excluding hydrogens is 274 g/mol. The van der Waals surface area contributed by atoms with Gasteiger partial charge in [0.1, 0.15) is 5.54 Å². The molecule has 1 atom stereocenters. The van der Waals surface area contributed by atoms with Crippen LogP contribution >= 0.6 is 0 Å². The van der Waals surface area contributed by atoms with Gasteiger partial charge in [-0.1, -0.05) is 0 Å². The molecule has 0 radical (unpaired) electrons. The number of hydrogen-bond donors (Lipinski definition) is 2. The minimum Gasteiger partial charge on any atom is -0.329 e. The summed E-state index contributed by atoms with van der Waals surface area (Å²) in [4.78, 5) is 37.4. The van der Waals surface area contributed by atoms with Gasteiger partial charge in [0, 0.05) is 18.7 Å². The molecule has 1 aliphatic carbocycles. The average Bonchev–Trinajstić information content (AvgIpc) is 2.81. The summed E-state index contributed by atoms with van der Waals surface area (Å²) in [5, 5.41) is 12.7. The van der Waals surface area contributed by atoms with Gasteiger partial charge in [0.25, 0.3) is 5.91 Å². The molecular formula is C13H13N5O3. The average molecular weight is 287 g/mol. The Balaban J connectivity index is 1.59. The first-order valence-corrected chi connectivity index (χ1v) is 6.80. The van der Waals surface area contributed by atoms with Crippen LogP contribution in [0.25, 0.3) is 0 Å². The second kappa shape index (κ2) is 4.00. The van der Waals surface area contributed by atoms with Crippen LogP contribution in [0, 0.1) is 5.92 Å². The summed E-state index contributed by atoms with van der Waals surface area (Å²) in [5.74, 6) is -0.743. The summed E-state index contributed by atoms with van der Waals surface area (Å²) in [6.45, 7) is 0.388. The maximum atomic E-state index is 12.2. The highest BCUT2D eigenvalue weighted by atomic mass is 16.2. The van der Waals surface area contributed by atoms with Crippen molar-refractivity contribution in [1.82, 2.24) is 25.7 Å². The highest BCUT2D eigenvalue weighted by Crippen LogP contribution is 2.47. The molecule has 4 aliphatic rings. The van der Waals surface area contributed by atoms with E-state index in [0.29, 0.717) is 19.4 Å². The molecule has 21 heavy (non-hydrogen) atoms. The first-order chi connectivity index (χ1) is 10.1. The normalized spacial score (nSPS) is 34.3. The lowest BCUT2D eigenvalue weighted by molar-refractivity contribution is -0.159. The fourth-order valence-electron chi connectivity index (χ4n) is 3.40. The number of piperidine rings is 2. The molecule has 4 fully saturated rings. The smallest absolute Gasteiger partial charge is 0.318 e. The second-order valence-corrected chi connectivity index (χ2v) is 5.74. The van der Waals surface area contributed by atoms with Crippen molar-refractivity contribution in [2.75, 3.05) is 6.54 Å². The molecule has 1 unspecified atom stereocenters. The second-order valence-electron chi connectivity index (χ2n) is 5.74. The highest BCUT2D eigenvalue weighted by Gasteiger charge is 2.63. The summed E-state index contributed by atoms with van der Waals surface area (Å²) in [6, 6.07) is 1.29. The largest absolute Gasteiger partial charge is 0.329 e. The number of carbonyl (C=O) groups is 3. The monoisotopic (exact) mass is 287 g/mol. The molecule has 4 heterocycles. The van der Waals surface area contributed by atoms with Gasteiger partial charge in [0.15, 0.2) is 0 Å². The third-order valence-electron chi connectivity index (χ3n) is 4.63. The summed E-state index contributed by atoms with van der Waals surface area (Å²) in [5.41, 5.74) is -0.0156. The molecule has 3 saturated heterocycles. The van der Waals surface area contributed by atoms with Gasteiger partial charge in [0.2, 0.25) is 5.91 Å². The lowest BCUT2D eigenvalue weighted by Crippen LogP contribution is -2.73. The zero-order valence-electron chi connectivity index (χ0n) is 11.1. The van der Waals surface area contributed by atoms with Crippen LogP contribution in [-0.4, -0.2) is 45.0 Å². The Kier molecular flexibility index (Phi) is 2.33. The molecule has 4 amide bonds. The predicted molar refractivity (Wildman–Crippen MR) is 68.6 cm³/mol. The van der Waals surface area contributed by atoms with Gasteiger partial charge >= 0.3 is 6.03 Å². The minimum absolute atomic E-state index is 0.155. The number of urea groups is 1. The van der Waals surface area contributed by atoms with Gasteiger partial charge in [-0.05, 0) is 24.5 Å². The van der Waals surface area contributed by atoms with E-state index in [1.54, 1.807) is 23.4 Å². The van der Waals surface area contributed by atoms with Crippen molar-refractivity contribution in [2.45, 2.75) is 24.4 Å². The summed E-state index contributed by atoms with van der Waals surface area (Å²) in [7, 11) is 0. The number of fused-ring (bicyclic) bond motifs is 2. The van der Waals surface area contributed by atoms with Crippen LogP contribution in [0.5, 0.6) is 0 Å². The first-order valence-electron chi connectivity index (χ1n) is 6.80. The van der Waals surface area contributed by atoms with E-state index in [2.05, 4.69) is 20.8 Å². The van der Waals surface area contributed by atoms with E-state index < -0.39 is 5.54 Å². The van der Waals surface area contributed by atoms with Crippen molar-refractivity contribution in [3.05, 3.63) is 24.0 Å². The number of nitrogens with zero attached hydrogens (tertiary/aromatic N) is 3. The lowest BCUT2D eigenvalue weighted by Gasteiger charge is -2.53. The quantitative estimate of drug-likeness (QED) is 0.703. The SMILES string of the molecule is O=C1NC(=O)C2(N3CC(c4ccnnc4)NC3=O)CC1C2. The number of amides is 4. The highest BCUT2D eigenvalue weighted by molar-refractivity contribution is 6.08. The predicted octanol–water partition coefficient (Wildman–Crippen LogP) is -0.652. The first kappa shape index (κ1) is 12.2. The number of nitrogens with one attached hydrogen (secondary N) is 2. The zero-order valence-corrected chi connectivity index (χ0v) is 11.1. The molecule has 8 nitrogen and oxygen atoms in total. The molecule has 2 N–H and O–H groups in total. The molecule has 1 aromatic rings. The molecule has 2 bridgehead atoms. The molecule has 108 valence electrons. The number of imide groups is 1. The Morgan fingerprint density at radius 2 is 2.05 bits per heavy atom. The van der Waals surface area contributed by atoms with E-state index in [9.17, 15) is 14.4 Å². The number of rotatable bonds is 2. The van der Waals surface area contributed by atoms with E-state index in [-0.39, 0.29) is 29.8 Å². The fraction of sp³-hybridized carbons (Fsp3) is 0.462. The van der Waals surface area contributed by atoms with Crippen molar-refractivity contribution in [1.29, 1.82) is 0 Å². The standard InChI is InChI=1S/C13H13N5O3/c19-10-8-3-13(4-8,11(20)17-10)18-6-9(16-12(18)21)7-1-2-14-15-5-7/h1-2,5,8-9H,3-4,6H2,(H,16,21)(H,17,19,20). The van der Waals surface area contributed by atoms with E-state index in [1.165, 1.54) is 0 Å². The molecule has 3 aliphatic heterocycles. The van der Waals surface area contributed by atoms with E-state index in [4.69, 9.17) is 0 Å². The van der Waals surface area contributed by atoms with Crippen LogP contribution < -0.4 is 10.6 Å². The van der Waals surface area contributed by atoms with Gasteiger partial charge in [0.05, 0.1) is 12.2 Å². The molecule has 1 saturated carbocycles. The molecule has 1 aromatic heterocycles. The summed E-state index contributed by atoms with van der Waals surface area (Å²) >= 11 is 0. The van der Waals surface area contributed by atoms with Gasteiger partial charge in [-0.15, -0.1) is 0 Å². The van der Waals surface area contributed by atoms with Crippen LogP contribution in [0.4, 0.5) is 4.79 Å². The van der Waals surface area contributed by atoms with Gasteiger partial charge in [-0.3, -0.25) is 14.9 Å². The van der Waals surface area contributed by atoms with Crippen LogP contribution in [0.1, 0.15) is 24.4 Å². The van der Waals surface area contributed by atoms with E-state index in [1.807, 2.05) is 0 Å². The number of aromatic nitrogens is 2. The van der Waals surface area contributed by atoms with Gasteiger partial charge in [-0.2, -0.15) is 10.2 Å². The Bertz CT molecular complexity index is 640. The summed E-state index contributed by atoms with van der Waals surface area (Å²) in [6.07, 6.45) is 4.01. The van der Waals surface area contributed by atoms with Crippen molar-refractivity contribution in [3.63, 3.8) is 0 Å². The molecule has 0 spiro atoms. The van der Waals surface area contributed by atoms with Crippen molar-refractivity contribution in [3.8, 4) is 0 Å². The minimum atomic E-state index is -0.863. The molecule has 0 aromatic carbocycles. The van der Waals surface area contributed by atoms with Crippen molar-refractivity contribution in [2.24, 2.45) is 5.92 Å². The number of hydrogen-bond acceptors (Lipinski definition) is 5. The van der Waals surface area contributed by atoms with E-state index >= 15 is 0 Å². The van der Waals surface area contributed by atoms with Crippen LogP contribution in [0.3, 0.4) is 0 Å². The van der Waals surface area contributed by atoms with Crippen molar-refractivity contribution < 1.29 is 14.4 Å². The maximum absolute atomic E-state index is 12.2. The van der Waals surface area contributed by atoms with Gasteiger partial charge < -0.3 is 10.2 Å². The van der Waals surface area contributed by atoms with E-state index in [0.717, 1.165) is 5.56 Å². The Morgan fingerprint density at radius 1 is 1.24 bits per heavy atom. The Morgan fingerprint density at radius 3 is 2.71 bits per heavy atom.